The van der Waals surface area contributed by atoms with Crippen LogP contribution in [0.4, 0.5) is 4.39 Å². The summed E-state index contributed by atoms with van der Waals surface area (Å²) in [6.45, 7) is 2.52. The van der Waals surface area contributed by atoms with Crippen molar-refractivity contribution in [1.29, 1.82) is 0 Å². The first-order valence-corrected chi connectivity index (χ1v) is 11.2. The Morgan fingerprint density at radius 3 is 2.53 bits per heavy atom. The molecule has 0 fully saturated rings. The second-order valence-corrected chi connectivity index (χ2v) is 8.40. The molecule has 0 aliphatic heterocycles. The molecule has 0 aliphatic rings. The quantitative estimate of drug-likeness (QED) is 0.429. The van der Waals surface area contributed by atoms with Crippen molar-refractivity contribution in [1.82, 2.24) is 14.9 Å². The number of para-hydroxylation sites is 2. The molecular weight excluding hydrogens is 425 g/mol. The van der Waals surface area contributed by atoms with E-state index in [1.165, 1.54) is 6.07 Å². The van der Waals surface area contributed by atoms with Crippen molar-refractivity contribution in [3.63, 3.8) is 0 Å². The van der Waals surface area contributed by atoms with Crippen molar-refractivity contribution in [2.24, 2.45) is 0 Å². The number of aryl methyl sites for hydroxylation is 1. The lowest BCUT2D eigenvalue weighted by Gasteiger charge is -2.12. The smallest absolute Gasteiger partial charge is 0.283 e. The first-order valence-electron chi connectivity index (χ1n) is 10.2. The van der Waals surface area contributed by atoms with Gasteiger partial charge >= 0.3 is 0 Å². The molecule has 0 saturated heterocycles. The van der Waals surface area contributed by atoms with E-state index >= 15 is 0 Å². The summed E-state index contributed by atoms with van der Waals surface area (Å²) >= 11 is 1.09. The van der Waals surface area contributed by atoms with Crippen molar-refractivity contribution in [2.45, 2.75) is 25.0 Å². The third-order valence-electron chi connectivity index (χ3n) is 5.06. The van der Waals surface area contributed by atoms with Crippen molar-refractivity contribution >= 4 is 28.7 Å². The Kier molecular flexibility index (Phi) is 6.66. The highest BCUT2D eigenvalue weighted by Gasteiger charge is 2.14. The molecule has 32 heavy (non-hydrogen) atoms. The van der Waals surface area contributed by atoms with Crippen molar-refractivity contribution in [2.75, 3.05) is 5.75 Å². The Hall–Kier alpha value is -3.45. The van der Waals surface area contributed by atoms with Crippen molar-refractivity contribution < 1.29 is 9.18 Å². The molecule has 1 aromatic heterocycles. The van der Waals surface area contributed by atoms with Crippen LogP contribution in [0.2, 0.25) is 0 Å². The van der Waals surface area contributed by atoms with E-state index in [1.54, 1.807) is 22.8 Å². The molecule has 0 atom stereocenters. The fraction of sp³-hybridized carbons (Fsp3) is 0.160. The summed E-state index contributed by atoms with van der Waals surface area (Å²) < 4.78 is 15.4. The van der Waals surface area contributed by atoms with Gasteiger partial charge in [0.05, 0.1) is 23.3 Å². The van der Waals surface area contributed by atoms with E-state index in [1.807, 2.05) is 55.5 Å². The molecule has 3 aromatic carbocycles. The number of carbonyl (C=O) groups excluding carboxylic acids is 1. The summed E-state index contributed by atoms with van der Waals surface area (Å²) in [5.41, 5.74) is 3.76. The largest absolute Gasteiger partial charge is 0.351 e. The maximum Gasteiger partial charge on any atom is 0.283 e. The first-order chi connectivity index (χ1) is 15.5. The van der Waals surface area contributed by atoms with Gasteiger partial charge in [0.25, 0.3) is 5.56 Å². The van der Waals surface area contributed by atoms with Crippen LogP contribution in [0.3, 0.4) is 0 Å². The van der Waals surface area contributed by atoms with Crippen LogP contribution in [-0.4, -0.2) is 21.2 Å². The lowest BCUT2D eigenvalue weighted by molar-refractivity contribution is -0.118. The Bertz CT molecular complexity index is 1320. The fourth-order valence-electron chi connectivity index (χ4n) is 3.32. The second kappa shape index (κ2) is 9.78. The number of rotatable bonds is 7. The van der Waals surface area contributed by atoms with E-state index in [2.05, 4.69) is 10.3 Å². The monoisotopic (exact) mass is 447 g/mol. The third kappa shape index (κ3) is 5.06. The molecule has 0 radical (unpaired) electrons. The number of carbonyl (C=O) groups is 1. The van der Waals surface area contributed by atoms with E-state index < -0.39 is 0 Å². The van der Waals surface area contributed by atoms with Crippen LogP contribution in [-0.2, 0) is 17.9 Å². The number of aromatic nitrogens is 2. The van der Waals surface area contributed by atoms with Gasteiger partial charge in [0.2, 0.25) is 5.91 Å². The highest BCUT2D eigenvalue weighted by molar-refractivity contribution is 7.99. The average Bonchev–Trinajstić information content (AvgIpc) is 2.80. The molecule has 0 spiro atoms. The van der Waals surface area contributed by atoms with Crippen LogP contribution < -0.4 is 10.9 Å². The van der Waals surface area contributed by atoms with Gasteiger partial charge in [-0.1, -0.05) is 71.9 Å². The van der Waals surface area contributed by atoms with Gasteiger partial charge in [-0.3, -0.25) is 14.2 Å². The minimum Gasteiger partial charge on any atom is -0.351 e. The van der Waals surface area contributed by atoms with E-state index in [4.69, 9.17) is 0 Å². The number of nitrogens with zero attached hydrogens (tertiary/aromatic N) is 2. The highest BCUT2D eigenvalue weighted by Crippen LogP contribution is 2.18. The predicted octanol–water partition coefficient (Wildman–Crippen LogP) is 4.30. The Morgan fingerprint density at radius 1 is 1.03 bits per heavy atom. The summed E-state index contributed by atoms with van der Waals surface area (Å²) in [7, 11) is 0. The molecule has 7 heteroatoms. The molecule has 0 bridgehead atoms. The molecule has 1 N–H and O–H groups in total. The summed E-state index contributed by atoms with van der Waals surface area (Å²) in [6.07, 6.45) is 0. The minimum absolute atomic E-state index is 0.0135. The molecule has 0 unspecified atom stereocenters. The zero-order valence-electron chi connectivity index (χ0n) is 17.5. The summed E-state index contributed by atoms with van der Waals surface area (Å²) in [4.78, 5) is 30.0. The molecule has 4 aromatic rings. The standard InChI is InChI=1S/C25H22FN3O2S/c1-17-10-12-18(13-11-17)15-29-22-9-5-4-8-21(22)28-24(25(29)31)32-16-23(30)27-14-19-6-2-3-7-20(19)26/h2-13H,14-16H2,1H3,(H,27,30). The van der Waals surface area contributed by atoms with Crippen LogP contribution in [0.15, 0.2) is 82.6 Å². The average molecular weight is 448 g/mol. The molecule has 1 amide bonds. The predicted molar refractivity (Wildman–Crippen MR) is 125 cm³/mol. The van der Waals surface area contributed by atoms with Gasteiger partial charge in [-0.2, -0.15) is 0 Å². The number of halogens is 1. The van der Waals surface area contributed by atoms with Crippen LogP contribution in [0.1, 0.15) is 16.7 Å². The Labute approximate surface area is 189 Å². The number of hydrogen-bond acceptors (Lipinski definition) is 4. The van der Waals surface area contributed by atoms with E-state index in [0.717, 1.165) is 28.4 Å². The summed E-state index contributed by atoms with van der Waals surface area (Å²) in [5, 5.41) is 2.95. The topological polar surface area (TPSA) is 64.0 Å². The molecule has 162 valence electrons. The van der Waals surface area contributed by atoms with Crippen molar-refractivity contribution in [3.05, 3.63) is 106 Å². The number of nitrogens with one attached hydrogen (secondary N) is 1. The SMILES string of the molecule is Cc1ccc(Cn2c(=O)c(SCC(=O)NCc3ccccc3F)nc3ccccc32)cc1. The number of hydrogen-bond donors (Lipinski definition) is 1. The first kappa shape index (κ1) is 21.8. The van der Waals surface area contributed by atoms with Crippen LogP contribution in [0, 0.1) is 12.7 Å². The lowest BCUT2D eigenvalue weighted by Crippen LogP contribution is -2.27. The van der Waals surface area contributed by atoms with Gasteiger partial charge in [0, 0.05) is 12.1 Å². The maximum absolute atomic E-state index is 13.7. The fourth-order valence-corrected chi connectivity index (χ4v) is 4.08. The molecule has 0 saturated carbocycles. The Morgan fingerprint density at radius 2 is 1.75 bits per heavy atom. The Balaban J connectivity index is 1.53. The van der Waals surface area contributed by atoms with Gasteiger partial charge in [-0.05, 0) is 30.7 Å². The molecular formula is C25H22FN3O2S. The normalized spacial score (nSPS) is 10.9. The van der Waals surface area contributed by atoms with E-state index in [0.29, 0.717) is 17.6 Å². The maximum atomic E-state index is 13.7. The van der Waals surface area contributed by atoms with Crippen molar-refractivity contribution in [3.8, 4) is 0 Å². The van der Waals surface area contributed by atoms with Crippen LogP contribution in [0.25, 0.3) is 11.0 Å². The molecule has 5 nitrogen and oxygen atoms in total. The molecule has 0 aliphatic carbocycles. The van der Waals surface area contributed by atoms with Gasteiger partial charge in [0.1, 0.15) is 5.82 Å². The highest BCUT2D eigenvalue weighted by atomic mass is 32.2. The second-order valence-electron chi connectivity index (χ2n) is 7.44. The van der Waals surface area contributed by atoms with Crippen LogP contribution in [0.5, 0.6) is 0 Å². The number of fused-ring (bicyclic) bond motifs is 1. The van der Waals surface area contributed by atoms with Gasteiger partial charge < -0.3 is 5.32 Å². The van der Waals surface area contributed by atoms with Gasteiger partial charge in [0.15, 0.2) is 5.03 Å². The summed E-state index contributed by atoms with van der Waals surface area (Å²) in [6, 6.07) is 21.8. The lowest BCUT2D eigenvalue weighted by atomic mass is 10.1. The zero-order chi connectivity index (χ0) is 22.5. The summed E-state index contributed by atoms with van der Waals surface area (Å²) in [5.74, 6) is -0.645. The van der Waals surface area contributed by atoms with E-state index in [-0.39, 0.29) is 34.6 Å². The number of thioether (sulfide) groups is 1. The van der Waals surface area contributed by atoms with E-state index in [9.17, 15) is 14.0 Å². The molecule has 1 heterocycles. The zero-order valence-corrected chi connectivity index (χ0v) is 18.4. The number of amides is 1. The number of benzene rings is 3. The third-order valence-corrected chi connectivity index (χ3v) is 6.00. The van der Waals surface area contributed by atoms with Crippen LogP contribution >= 0.6 is 11.8 Å². The van der Waals surface area contributed by atoms with Gasteiger partial charge in [-0.15, -0.1) is 0 Å². The minimum atomic E-state index is -0.365. The van der Waals surface area contributed by atoms with Gasteiger partial charge in [-0.25, -0.2) is 9.37 Å². The molecule has 4 rings (SSSR count).